The molecule has 2 nitrogen and oxygen atoms in total. The van der Waals surface area contributed by atoms with Crippen molar-refractivity contribution in [1.29, 1.82) is 0 Å². The summed E-state index contributed by atoms with van der Waals surface area (Å²) < 4.78 is 5.89. The van der Waals surface area contributed by atoms with E-state index in [0.717, 1.165) is 17.8 Å². The Hall–Kier alpha value is -1.28. The van der Waals surface area contributed by atoms with Crippen LogP contribution in [-0.4, -0.2) is 7.05 Å². The monoisotopic (exact) mass is 217 g/mol. The Morgan fingerprint density at radius 3 is 2.75 bits per heavy atom. The van der Waals surface area contributed by atoms with E-state index in [2.05, 4.69) is 44.3 Å². The molecule has 1 N–H and O–H groups in total. The highest BCUT2D eigenvalue weighted by atomic mass is 16.3. The van der Waals surface area contributed by atoms with E-state index < -0.39 is 0 Å². The molecule has 0 aliphatic rings. The fourth-order valence-corrected chi connectivity index (χ4v) is 2.05. The third-order valence-electron chi connectivity index (χ3n) is 3.27. The summed E-state index contributed by atoms with van der Waals surface area (Å²) in [6.07, 6.45) is 1.07. The van der Waals surface area contributed by atoms with Gasteiger partial charge in [0, 0.05) is 5.39 Å². The smallest absolute Gasteiger partial charge is 0.134 e. The quantitative estimate of drug-likeness (QED) is 0.850. The molecule has 0 aliphatic carbocycles. The van der Waals surface area contributed by atoms with Crippen LogP contribution in [0.3, 0.4) is 0 Å². The first-order valence-corrected chi connectivity index (χ1v) is 5.86. The molecule has 16 heavy (non-hydrogen) atoms. The zero-order chi connectivity index (χ0) is 11.7. The van der Waals surface area contributed by atoms with Crippen LogP contribution in [0.4, 0.5) is 0 Å². The number of furan rings is 1. The van der Waals surface area contributed by atoms with E-state index in [-0.39, 0.29) is 6.04 Å². The Balaban J connectivity index is 2.59. The third kappa shape index (κ3) is 1.74. The number of nitrogens with one attached hydrogen (secondary N) is 1. The van der Waals surface area contributed by atoms with E-state index in [1.807, 2.05) is 7.05 Å². The molecule has 2 aromatic rings. The second-order valence-electron chi connectivity index (χ2n) is 4.29. The zero-order valence-corrected chi connectivity index (χ0v) is 10.4. The topological polar surface area (TPSA) is 25.2 Å². The van der Waals surface area contributed by atoms with E-state index >= 15 is 0 Å². The lowest BCUT2D eigenvalue weighted by Gasteiger charge is -2.06. The maximum Gasteiger partial charge on any atom is 0.134 e. The zero-order valence-electron chi connectivity index (χ0n) is 10.4. The lowest BCUT2D eigenvalue weighted by atomic mass is 10.1. The van der Waals surface area contributed by atoms with Gasteiger partial charge in [-0.15, -0.1) is 0 Å². The van der Waals surface area contributed by atoms with Gasteiger partial charge in [0.2, 0.25) is 0 Å². The highest BCUT2D eigenvalue weighted by Gasteiger charge is 2.15. The van der Waals surface area contributed by atoms with E-state index in [4.69, 9.17) is 4.42 Å². The van der Waals surface area contributed by atoms with Gasteiger partial charge >= 0.3 is 0 Å². The molecule has 0 amide bonds. The summed E-state index contributed by atoms with van der Waals surface area (Å²) in [5.74, 6) is 1.05. The maximum absolute atomic E-state index is 5.89. The molecule has 0 saturated carbocycles. The Morgan fingerprint density at radius 2 is 2.12 bits per heavy atom. The van der Waals surface area contributed by atoms with Crippen LogP contribution in [0.15, 0.2) is 22.6 Å². The summed E-state index contributed by atoms with van der Waals surface area (Å²) in [7, 11) is 1.95. The highest BCUT2D eigenvalue weighted by Crippen LogP contribution is 2.29. The Kier molecular flexibility index (Phi) is 3.01. The fraction of sp³-hybridized carbons (Fsp3) is 0.429. The minimum absolute atomic E-state index is 0.262. The van der Waals surface area contributed by atoms with E-state index in [1.54, 1.807) is 0 Å². The van der Waals surface area contributed by atoms with Crippen LogP contribution in [0.2, 0.25) is 0 Å². The molecule has 0 aliphatic heterocycles. The predicted octanol–water partition coefficient (Wildman–Crippen LogP) is 3.58. The Labute approximate surface area is 96.6 Å². The molecular weight excluding hydrogens is 198 g/mol. The van der Waals surface area contributed by atoms with Crippen LogP contribution in [0, 0.1) is 6.92 Å². The number of benzene rings is 1. The first-order valence-electron chi connectivity index (χ1n) is 5.86. The predicted molar refractivity (Wildman–Crippen MR) is 67.8 cm³/mol. The lowest BCUT2D eigenvalue weighted by Crippen LogP contribution is -2.12. The second kappa shape index (κ2) is 4.30. The third-order valence-corrected chi connectivity index (χ3v) is 3.27. The molecule has 0 radical (unpaired) electrons. The summed E-state index contributed by atoms with van der Waals surface area (Å²) in [6.45, 7) is 6.42. The summed E-state index contributed by atoms with van der Waals surface area (Å²) in [4.78, 5) is 0. The van der Waals surface area contributed by atoms with Crippen LogP contribution in [-0.2, 0) is 6.42 Å². The number of rotatable bonds is 3. The number of aryl methyl sites for hydroxylation is 2. The van der Waals surface area contributed by atoms with Gasteiger partial charge in [-0.05, 0) is 50.6 Å². The molecule has 0 saturated heterocycles. The van der Waals surface area contributed by atoms with Crippen molar-refractivity contribution < 1.29 is 4.42 Å². The van der Waals surface area contributed by atoms with Crippen molar-refractivity contribution in [3.63, 3.8) is 0 Å². The molecule has 0 spiro atoms. The Morgan fingerprint density at radius 1 is 1.38 bits per heavy atom. The van der Waals surface area contributed by atoms with E-state index in [0.29, 0.717) is 0 Å². The molecule has 1 aromatic heterocycles. The molecule has 2 rings (SSSR count). The highest BCUT2D eigenvalue weighted by molar-refractivity contribution is 5.82. The molecule has 0 bridgehead atoms. The standard InChI is InChI=1S/C14H19NO/c1-5-11-6-7-13-12(8-11)9(2)14(16-13)10(3)15-4/h6-8,10,15H,5H2,1-4H3. The van der Waals surface area contributed by atoms with Crippen molar-refractivity contribution in [1.82, 2.24) is 5.32 Å². The summed E-state index contributed by atoms with van der Waals surface area (Å²) in [5, 5.41) is 4.46. The number of hydrogen-bond donors (Lipinski definition) is 1. The van der Waals surface area contributed by atoms with Gasteiger partial charge in [0.15, 0.2) is 0 Å². The maximum atomic E-state index is 5.89. The summed E-state index contributed by atoms with van der Waals surface area (Å²) in [6, 6.07) is 6.71. The lowest BCUT2D eigenvalue weighted by molar-refractivity contribution is 0.471. The SMILES string of the molecule is CCc1ccc2oc(C(C)NC)c(C)c2c1. The van der Waals surface area contributed by atoms with Crippen molar-refractivity contribution in [3.05, 3.63) is 35.1 Å². The molecule has 1 unspecified atom stereocenters. The summed E-state index contributed by atoms with van der Waals surface area (Å²) >= 11 is 0. The molecule has 1 aromatic carbocycles. The van der Waals surface area contributed by atoms with Crippen molar-refractivity contribution >= 4 is 11.0 Å². The average Bonchev–Trinajstić information content (AvgIpc) is 2.65. The van der Waals surface area contributed by atoms with Gasteiger partial charge in [-0.25, -0.2) is 0 Å². The van der Waals surface area contributed by atoms with Gasteiger partial charge in [0.25, 0.3) is 0 Å². The van der Waals surface area contributed by atoms with Gasteiger partial charge in [-0.1, -0.05) is 13.0 Å². The minimum Gasteiger partial charge on any atom is -0.459 e. The van der Waals surface area contributed by atoms with Crippen molar-refractivity contribution in [2.24, 2.45) is 0 Å². The fourth-order valence-electron chi connectivity index (χ4n) is 2.05. The van der Waals surface area contributed by atoms with E-state index in [1.165, 1.54) is 16.5 Å². The minimum atomic E-state index is 0.262. The number of fused-ring (bicyclic) bond motifs is 1. The van der Waals surface area contributed by atoms with Gasteiger partial charge in [-0.3, -0.25) is 0 Å². The largest absolute Gasteiger partial charge is 0.459 e. The average molecular weight is 217 g/mol. The van der Waals surface area contributed by atoms with Crippen molar-refractivity contribution in [2.75, 3.05) is 7.05 Å². The van der Waals surface area contributed by atoms with Gasteiger partial charge in [0.1, 0.15) is 11.3 Å². The normalized spacial score (nSPS) is 13.2. The molecule has 86 valence electrons. The molecular formula is C14H19NO. The summed E-state index contributed by atoms with van der Waals surface area (Å²) in [5.41, 5.74) is 3.61. The van der Waals surface area contributed by atoms with E-state index in [9.17, 15) is 0 Å². The van der Waals surface area contributed by atoms with Crippen LogP contribution in [0.5, 0.6) is 0 Å². The molecule has 1 heterocycles. The van der Waals surface area contributed by atoms with Crippen molar-refractivity contribution in [2.45, 2.75) is 33.2 Å². The van der Waals surface area contributed by atoms with Gasteiger partial charge < -0.3 is 9.73 Å². The molecule has 1 atom stereocenters. The van der Waals surface area contributed by atoms with Crippen LogP contribution < -0.4 is 5.32 Å². The Bertz CT molecular complexity index is 499. The van der Waals surface area contributed by atoms with Crippen molar-refractivity contribution in [3.8, 4) is 0 Å². The second-order valence-corrected chi connectivity index (χ2v) is 4.29. The first-order chi connectivity index (χ1) is 7.67. The number of hydrogen-bond acceptors (Lipinski definition) is 2. The van der Waals surface area contributed by atoms with Gasteiger partial charge in [0.05, 0.1) is 6.04 Å². The molecule has 0 fully saturated rings. The first kappa shape index (κ1) is 11.2. The van der Waals surface area contributed by atoms with Crippen LogP contribution in [0.1, 0.15) is 36.8 Å². The van der Waals surface area contributed by atoms with Crippen LogP contribution >= 0.6 is 0 Å². The van der Waals surface area contributed by atoms with Gasteiger partial charge in [-0.2, -0.15) is 0 Å². The van der Waals surface area contributed by atoms with Crippen LogP contribution in [0.25, 0.3) is 11.0 Å². The molecule has 2 heteroatoms.